The lowest BCUT2D eigenvalue weighted by molar-refractivity contribution is 0.401. The molecule has 4 heteroatoms. The first-order valence-electron chi connectivity index (χ1n) is 3.21. The van der Waals surface area contributed by atoms with E-state index in [-0.39, 0.29) is 0 Å². The number of halogens is 1. The van der Waals surface area contributed by atoms with Gasteiger partial charge in [0.1, 0.15) is 10.1 Å². The molecule has 0 bridgehead atoms. The third-order valence-electron chi connectivity index (χ3n) is 1.34. The minimum atomic E-state index is 0.518. The highest BCUT2D eigenvalue weighted by molar-refractivity contribution is 14.1. The maximum Gasteiger partial charge on any atom is 0.120 e. The second-order valence-corrected chi connectivity index (χ2v) is 3.72. The van der Waals surface area contributed by atoms with Gasteiger partial charge in [0.2, 0.25) is 0 Å². The van der Waals surface area contributed by atoms with Gasteiger partial charge < -0.3 is 4.90 Å². The zero-order valence-electron chi connectivity index (χ0n) is 6.08. The minimum Gasteiger partial charge on any atom is -0.352 e. The molecule has 56 valence electrons. The van der Waals surface area contributed by atoms with Crippen molar-refractivity contribution in [3.05, 3.63) is 0 Å². The van der Waals surface area contributed by atoms with Crippen LogP contribution in [0.3, 0.4) is 0 Å². The van der Waals surface area contributed by atoms with Crippen LogP contribution in [0.5, 0.6) is 0 Å². The third kappa shape index (κ3) is 1.93. The summed E-state index contributed by atoms with van der Waals surface area (Å²) in [5, 5.41) is 7.74. The Labute approximate surface area is 74.3 Å². The van der Waals surface area contributed by atoms with Crippen molar-refractivity contribution >= 4 is 32.6 Å². The molecule has 0 saturated carbocycles. The largest absolute Gasteiger partial charge is 0.352 e. The Morgan fingerprint density at radius 2 is 2.40 bits per heavy atom. The van der Waals surface area contributed by atoms with Gasteiger partial charge in [-0.1, -0.05) is 0 Å². The van der Waals surface area contributed by atoms with Gasteiger partial charge >= 0.3 is 0 Å². The Hall–Kier alpha value is -0.130. The molecule has 0 aromatic heterocycles. The van der Waals surface area contributed by atoms with E-state index in [1.807, 2.05) is 0 Å². The molecule has 3 nitrogen and oxygen atoms in total. The van der Waals surface area contributed by atoms with Crippen LogP contribution in [0.25, 0.3) is 0 Å². The Morgan fingerprint density at radius 1 is 1.70 bits per heavy atom. The molecule has 0 spiro atoms. The predicted molar refractivity (Wildman–Crippen MR) is 51.8 cm³/mol. The number of nitrogens with zero attached hydrogens (tertiary/aromatic N) is 3. The van der Waals surface area contributed by atoms with Gasteiger partial charge in [-0.05, 0) is 36.4 Å². The fourth-order valence-electron chi connectivity index (χ4n) is 0.694. The Kier molecular flexibility index (Phi) is 2.64. The maximum atomic E-state index is 3.89. The van der Waals surface area contributed by atoms with Gasteiger partial charge in [-0.2, -0.15) is 0 Å². The molecule has 1 aliphatic rings. The third-order valence-corrected chi connectivity index (χ3v) is 1.90. The number of rotatable bonds is 1. The number of hydrogen-bond acceptors (Lipinski definition) is 3. The van der Waals surface area contributed by atoms with Crippen LogP contribution < -0.4 is 0 Å². The molecular formula is C6H10IN3. The molecule has 0 fully saturated rings. The van der Waals surface area contributed by atoms with Crippen molar-refractivity contribution in [2.24, 2.45) is 10.2 Å². The second-order valence-electron chi connectivity index (χ2n) is 2.47. The first kappa shape index (κ1) is 7.97. The molecule has 0 N–H and O–H groups in total. The lowest BCUT2D eigenvalue weighted by Gasteiger charge is -2.24. The van der Waals surface area contributed by atoms with Crippen molar-refractivity contribution in [1.29, 1.82) is 0 Å². The van der Waals surface area contributed by atoms with Crippen LogP contribution in [0, 0.1) is 0 Å². The standard InChI is InChI=1S/C6H10IN3/c1-5(2)10-3-6(7)9-8-4-10/h4-5H,3H2,1-2H3. The summed E-state index contributed by atoms with van der Waals surface area (Å²) in [7, 11) is 0. The fraction of sp³-hybridized carbons (Fsp3) is 0.667. The van der Waals surface area contributed by atoms with Crippen molar-refractivity contribution in [1.82, 2.24) is 4.90 Å². The van der Waals surface area contributed by atoms with Gasteiger partial charge in [0.05, 0.1) is 6.54 Å². The van der Waals surface area contributed by atoms with Crippen molar-refractivity contribution in [3.8, 4) is 0 Å². The summed E-state index contributed by atoms with van der Waals surface area (Å²) in [6.45, 7) is 5.18. The summed E-state index contributed by atoms with van der Waals surface area (Å²) >= 11 is 2.20. The summed E-state index contributed by atoms with van der Waals surface area (Å²) in [6, 6.07) is 0.518. The summed E-state index contributed by atoms with van der Waals surface area (Å²) in [5.74, 6) is 0. The van der Waals surface area contributed by atoms with Gasteiger partial charge in [-0.3, -0.25) is 0 Å². The monoisotopic (exact) mass is 251 g/mol. The van der Waals surface area contributed by atoms with Gasteiger partial charge in [-0.15, -0.1) is 10.2 Å². The molecule has 1 aliphatic heterocycles. The maximum absolute atomic E-state index is 3.89. The highest BCUT2D eigenvalue weighted by Gasteiger charge is 2.09. The predicted octanol–water partition coefficient (Wildman–Crippen LogP) is 1.49. The first-order chi connectivity index (χ1) is 4.70. The van der Waals surface area contributed by atoms with E-state index in [1.165, 1.54) is 0 Å². The molecule has 0 atom stereocenters. The zero-order valence-corrected chi connectivity index (χ0v) is 8.24. The van der Waals surface area contributed by atoms with Gasteiger partial charge in [0, 0.05) is 6.04 Å². The van der Waals surface area contributed by atoms with E-state index in [1.54, 1.807) is 6.34 Å². The lowest BCUT2D eigenvalue weighted by atomic mass is 10.3. The van der Waals surface area contributed by atoms with E-state index < -0.39 is 0 Å². The summed E-state index contributed by atoms with van der Waals surface area (Å²) in [6.07, 6.45) is 1.78. The smallest absolute Gasteiger partial charge is 0.120 e. The van der Waals surface area contributed by atoms with Crippen LogP contribution in [0.2, 0.25) is 0 Å². The van der Waals surface area contributed by atoms with Gasteiger partial charge in [0.25, 0.3) is 0 Å². The number of hydrogen-bond donors (Lipinski definition) is 0. The Balaban J connectivity index is 2.55. The molecule has 1 heterocycles. The molecular weight excluding hydrogens is 241 g/mol. The topological polar surface area (TPSA) is 28.0 Å². The Morgan fingerprint density at radius 3 is 2.80 bits per heavy atom. The molecule has 0 radical (unpaired) electrons. The van der Waals surface area contributed by atoms with Crippen LogP contribution in [0.15, 0.2) is 10.2 Å². The SMILES string of the molecule is CC(C)N1C=NN=C(I)C1. The summed E-state index contributed by atoms with van der Waals surface area (Å²) < 4.78 is 1.05. The zero-order chi connectivity index (χ0) is 7.56. The Bertz CT molecular complexity index is 174. The van der Waals surface area contributed by atoms with E-state index in [0.717, 1.165) is 10.3 Å². The molecule has 0 aromatic rings. The van der Waals surface area contributed by atoms with Crippen LogP contribution >= 0.6 is 22.6 Å². The first-order valence-corrected chi connectivity index (χ1v) is 4.29. The van der Waals surface area contributed by atoms with Crippen LogP contribution in [-0.2, 0) is 0 Å². The van der Waals surface area contributed by atoms with Crippen molar-refractivity contribution in [3.63, 3.8) is 0 Å². The van der Waals surface area contributed by atoms with Crippen molar-refractivity contribution in [2.45, 2.75) is 19.9 Å². The van der Waals surface area contributed by atoms with Gasteiger partial charge in [0.15, 0.2) is 0 Å². The minimum absolute atomic E-state index is 0.518. The highest BCUT2D eigenvalue weighted by atomic mass is 127. The molecule has 0 aliphatic carbocycles. The van der Waals surface area contributed by atoms with E-state index in [9.17, 15) is 0 Å². The van der Waals surface area contributed by atoms with Gasteiger partial charge in [-0.25, -0.2) is 0 Å². The normalized spacial score (nSPS) is 18.0. The van der Waals surface area contributed by atoms with Crippen molar-refractivity contribution in [2.75, 3.05) is 6.54 Å². The summed E-state index contributed by atoms with van der Waals surface area (Å²) in [4.78, 5) is 2.15. The second kappa shape index (κ2) is 3.32. The molecule has 1 rings (SSSR count). The summed E-state index contributed by atoms with van der Waals surface area (Å²) in [5.41, 5.74) is 0. The lowest BCUT2D eigenvalue weighted by Crippen LogP contribution is -2.34. The quantitative estimate of drug-likeness (QED) is 0.649. The molecule has 0 aromatic carbocycles. The van der Waals surface area contributed by atoms with Crippen LogP contribution in [0.4, 0.5) is 0 Å². The van der Waals surface area contributed by atoms with E-state index in [0.29, 0.717) is 6.04 Å². The van der Waals surface area contributed by atoms with Crippen molar-refractivity contribution < 1.29 is 0 Å². The van der Waals surface area contributed by atoms with E-state index in [4.69, 9.17) is 0 Å². The molecule has 0 unspecified atom stereocenters. The fourth-order valence-corrected chi connectivity index (χ4v) is 1.21. The van der Waals surface area contributed by atoms with Crippen LogP contribution in [0.1, 0.15) is 13.8 Å². The average molecular weight is 251 g/mol. The molecule has 10 heavy (non-hydrogen) atoms. The highest BCUT2D eigenvalue weighted by Crippen LogP contribution is 2.04. The van der Waals surface area contributed by atoms with E-state index in [2.05, 4.69) is 51.5 Å². The molecule has 0 saturated heterocycles. The van der Waals surface area contributed by atoms with E-state index >= 15 is 0 Å². The average Bonchev–Trinajstić information content (AvgIpc) is 1.88. The van der Waals surface area contributed by atoms with Crippen LogP contribution in [-0.4, -0.2) is 27.5 Å². The molecule has 0 amide bonds.